The SMILES string of the molecule is CCNC(=NCCCOc1ccc(F)cc1)NC1CC1C.I. The highest BCUT2D eigenvalue weighted by Gasteiger charge is 2.33. The van der Waals surface area contributed by atoms with E-state index in [2.05, 4.69) is 29.5 Å². The smallest absolute Gasteiger partial charge is 0.191 e. The van der Waals surface area contributed by atoms with Crippen LogP contribution in [0.4, 0.5) is 4.39 Å². The van der Waals surface area contributed by atoms with Gasteiger partial charge < -0.3 is 15.4 Å². The Balaban J connectivity index is 0.00000242. The van der Waals surface area contributed by atoms with Gasteiger partial charge in [0.1, 0.15) is 11.6 Å². The first-order valence-corrected chi connectivity index (χ1v) is 7.62. The van der Waals surface area contributed by atoms with Crippen LogP contribution in [0.5, 0.6) is 5.75 Å². The third-order valence-corrected chi connectivity index (χ3v) is 3.43. The lowest BCUT2D eigenvalue weighted by atomic mass is 10.3. The predicted molar refractivity (Wildman–Crippen MR) is 98.6 cm³/mol. The van der Waals surface area contributed by atoms with Crippen molar-refractivity contribution >= 4 is 29.9 Å². The second-order valence-electron chi connectivity index (χ2n) is 5.38. The van der Waals surface area contributed by atoms with E-state index in [1.165, 1.54) is 18.6 Å². The maximum atomic E-state index is 12.7. The van der Waals surface area contributed by atoms with E-state index in [9.17, 15) is 4.39 Å². The summed E-state index contributed by atoms with van der Waals surface area (Å²) in [5.41, 5.74) is 0. The van der Waals surface area contributed by atoms with Crippen molar-refractivity contribution in [3.63, 3.8) is 0 Å². The summed E-state index contributed by atoms with van der Waals surface area (Å²) < 4.78 is 18.3. The molecule has 1 aliphatic carbocycles. The minimum absolute atomic E-state index is 0. The molecule has 1 aromatic carbocycles. The Labute approximate surface area is 148 Å². The minimum atomic E-state index is -0.248. The Morgan fingerprint density at radius 3 is 2.64 bits per heavy atom. The van der Waals surface area contributed by atoms with Crippen LogP contribution in [0.3, 0.4) is 0 Å². The molecule has 2 N–H and O–H groups in total. The van der Waals surface area contributed by atoms with Crippen LogP contribution in [0, 0.1) is 11.7 Å². The van der Waals surface area contributed by atoms with Crippen molar-refractivity contribution in [2.45, 2.75) is 32.7 Å². The van der Waals surface area contributed by atoms with E-state index in [0.717, 1.165) is 24.8 Å². The van der Waals surface area contributed by atoms with Gasteiger partial charge in [-0.05, 0) is 43.5 Å². The van der Waals surface area contributed by atoms with E-state index in [4.69, 9.17) is 4.74 Å². The standard InChI is InChI=1S/C16H24FN3O.HI/c1-3-18-16(20-15-11-12(15)2)19-9-4-10-21-14-7-5-13(17)6-8-14;/h5-8,12,15H,3-4,9-11H2,1-2H3,(H2,18,19,20);1H. The van der Waals surface area contributed by atoms with E-state index < -0.39 is 0 Å². The summed E-state index contributed by atoms with van der Waals surface area (Å²) in [6.45, 7) is 6.44. The molecule has 0 saturated heterocycles. The highest BCUT2D eigenvalue weighted by Crippen LogP contribution is 2.28. The number of nitrogens with one attached hydrogen (secondary N) is 2. The van der Waals surface area contributed by atoms with Gasteiger partial charge in [0.15, 0.2) is 5.96 Å². The zero-order valence-electron chi connectivity index (χ0n) is 13.1. The molecule has 2 unspecified atom stereocenters. The molecule has 0 bridgehead atoms. The lowest BCUT2D eigenvalue weighted by Crippen LogP contribution is -2.39. The monoisotopic (exact) mass is 421 g/mol. The Bertz CT molecular complexity index is 467. The Morgan fingerprint density at radius 1 is 1.36 bits per heavy atom. The summed E-state index contributed by atoms with van der Waals surface area (Å²) in [6.07, 6.45) is 2.05. The van der Waals surface area contributed by atoms with E-state index in [0.29, 0.717) is 24.9 Å². The lowest BCUT2D eigenvalue weighted by molar-refractivity contribution is 0.313. The largest absolute Gasteiger partial charge is 0.494 e. The minimum Gasteiger partial charge on any atom is -0.494 e. The molecule has 0 radical (unpaired) electrons. The van der Waals surface area contributed by atoms with Gasteiger partial charge in [0.05, 0.1) is 6.61 Å². The average Bonchev–Trinajstić information content (AvgIpc) is 3.16. The summed E-state index contributed by atoms with van der Waals surface area (Å²) >= 11 is 0. The molecule has 0 amide bonds. The lowest BCUT2D eigenvalue weighted by Gasteiger charge is -2.10. The fourth-order valence-electron chi connectivity index (χ4n) is 2.00. The van der Waals surface area contributed by atoms with Crippen molar-refractivity contribution in [2.24, 2.45) is 10.9 Å². The summed E-state index contributed by atoms with van der Waals surface area (Å²) in [5.74, 6) is 2.07. The molecule has 0 spiro atoms. The molecule has 1 aliphatic rings. The summed E-state index contributed by atoms with van der Waals surface area (Å²) in [5, 5.41) is 6.66. The maximum absolute atomic E-state index is 12.7. The van der Waals surface area contributed by atoms with Gasteiger partial charge in [-0.25, -0.2) is 4.39 Å². The quantitative estimate of drug-likeness (QED) is 0.308. The fourth-order valence-corrected chi connectivity index (χ4v) is 2.00. The highest BCUT2D eigenvalue weighted by atomic mass is 127. The number of ether oxygens (including phenoxy) is 1. The van der Waals surface area contributed by atoms with Crippen molar-refractivity contribution in [1.29, 1.82) is 0 Å². The molecule has 6 heteroatoms. The van der Waals surface area contributed by atoms with Crippen molar-refractivity contribution < 1.29 is 9.13 Å². The van der Waals surface area contributed by atoms with E-state index >= 15 is 0 Å². The van der Waals surface area contributed by atoms with Crippen LogP contribution in [0.15, 0.2) is 29.3 Å². The molecule has 1 saturated carbocycles. The van der Waals surface area contributed by atoms with Crippen LogP contribution < -0.4 is 15.4 Å². The van der Waals surface area contributed by atoms with Crippen LogP contribution in [0.1, 0.15) is 26.7 Å². The third kappa shape index (κ3) is 6.81. The van der Waals surface area contributed by atoms with Gasteiger partial charge in [0, 0.05) is 25.6 Å². The Kier molecular flexibility index (Phi) is 8.52. The van der Waals surface area contributed by atoms with Gasteiger partial charge in [0.25, 0.3) is 0 Å². The fraction of sp³-hybridized carbons (Fsp3) is 0.562. The van der Waals surface area contributed by atoms with Crippen LogP contribution in [-0.4, -0.2) is 31.7 Å². The second-order valence-corrected chi connectivity index (χ2v) is 5.38. The molecule has 0 aliphatic heterocycles. The zero-order chi connectivity index (χ0) is 15.1. The maximum Gasteiger partial charge on any atom is 0.191 e. The number of nitrogens with zero attached hydrogens (tertiary/aromatic N) is 1. The van der Waals surface area contributed by atoms with Crippen molar-refractivity contribution in [2.75, 3.05) is 19.7 Å². The number of hydrogen-bond acceptors (Lipinski definition) is 2. The van der Waals surface area contributed by atoms with Gasteiger partial charge in [-0.2, -0.15) is 0 Å². The molecule has 4 nitrogen and oxygen atoms in total. The number of hydrogen-bond donors (Lipinski definition) is 2. The van der Waals surface area contributed by atoms with Crippen molar-refractivity contribution in [3.05, 3.63) is 30.1 Å². The van der Waals surface area contributed by atoms with Gasteiger partial charge in [0.2, 0.25) is 0 Å². The second kappa shape index (κ2) is 9.86. The van der Waals surface area contributed by atoms with Gasteiger partial charge >= 0.3 is 0 Å². The van der Waals surface area contributed by atoms with Gasteiger partial charge in [-0.15, -0.1) is 24.0 Å². The molecule has 124 valence electrons. The van der Waals surface area contributed by atoms with Gasteiger partial charge in [-0.3, -0.25) is 4.99 Å². The van der Waals surface area contributed by atoms with Crippen LogP contribution in [0.2, 0.25) is 0 Å². The van der Waals surface area contributed by atoms with Crippen LogP contribution in [-0.2, 0) is 0 Å². The molecule has 0 heterocycles. The molecule has 1 fully saturated rings. The summed E-state index contributed by atoms with van der Waals surface area (Å²) in [6, 6.07) is 6.64. The highest BCUT2D eigenvalue weighted by molar-refractivity contribution is 14.0. The first kappa shape index (κ1) is 19.0. The van der Waals surface area contributed by atoms with Crippen molar-refractivity contribution in [1.82, 2.24) is 10.6 Å². The number of benzene rings is 1. The molecule has 0 aromatic heterocycles. The number of halogens is 2. The van der Waals surface area contributed by atoms with Gasteiger partial charge in [-0.1, -0.05) is 6.92 Å². The molecule has 1 aromatic rings. The Hall–Kier alpha value is -1.05. The summed E-state index contributed by atoms with van der Waals surface area (Å²) in [4.78, 5) is 4.53. The molecular weight excluding hydrogens is 396 g/mol. The van der Waals surface area contributed by atoms with E-state index in [1.807, 2.05) is 0 Å². The van der Waals surface area contributed by atoms with E-state index in [1.54, 1.807) is 12.1 Å². The Morgan fingerprint density at radius 2 is 2.05 bits per heavy atom. The normalized spacial score (nSPS) is 20.0. The third-order valence-electron chi connectivity index (χ3n) is 3.43. The summed E-state index contributed by atoms with van der Waals surface area (Å²) in [7, 11) is 0. The first-order valence-electron chi connectivity index (χ1n) is 7.62. The number of rotatable bonds is 7. The predicted octanol–water partition coefficient (Wildman–Crippen LogP) is 3.18. The zero-order valence-corrected chi connectivity index (χ0v) is 15.5. The molecular formula is C16H25FIN3O. The molecule has 2 rings (SSSR count). The van der Waals surface area contributed by atoms with Crippen LogP contribution >= 0.6 is 24.0 Å². The van der Waals surface area contributed by atoms with Crippen LogP contribution in [0.25, 0.3) is 0 Å². The average molecular weight is 421 g/mol. The molecule has 2 atom stereocenters. The number of guanidine groups is 1. The topological polar surface area (TPSA) is 45.7 Å². The molecule has 22 heavy (non-hydrogen) atoms. The van der Waals surface area contributed by atoms with Crippen molar-refractivity contribution in [3.8, 4) is 5.75 Å². The first-order chi connectivity index (χ1) is 10.2. The number of aliphatic imine (C=N–C) groups is 1. The van der Waals surface area contributed by atoms with E-state index in [-0.39, 0.29) is 29.8 Å².